The highest BCUT2D eigenvalue weighted by Gasteiger charge is 2.13. The third-order valence-electron chi connectivity index (χ3n) is 2.79. The number of ether oxygens (including phenoxy) is 2. The molecule has 0 saturated heterocycles. The summed E-state index contributed by atoms with van der Waals surface area (Å²) in [4.78, 5) is 12.0. The maximum absolute atomic E-state index is 12.0. The van der Waals surface area contributed by atoms with Gasteiger partial charge < -0.3 is 14.8 Å². The Morgan fingerprint density at radius 2 is 1.67 bits per heavy atom. The smallest absolute Gasteiger partial charge is 0.251 e. The van der Waals surface area contributed by atoms with Gasteiger partial charge in [0.15, 0.2) is 0 Å². The molecule has 1 amide bonds. The molecule has 21 heavy (non-hydrogen) atoms. The molecular formula is C13H20N2O5S. The Labute approximate surface area is 124 Å². The monoisotopic (exact) mass is 316 g/mol. The first-order chi connectivity index (χ1) is 9.78. The van der Waals surface area contributed by atoms with Crippen molar-refractivity contribution in [2.45, 2.75) is 6.92 Å². The number of methoxy groups -OCH3 is 2. The molecule has 0 spiro atoms. The van der Waals surface area contributed by atoms with E-state index in [1.165, 1.54) is 14.2 Å². The van der Waals surface area contributed by atoms with E-state index in [4.69, 9.17) is 9.47 Å². The molecule has 1 aromatic carbocycles. The molecule has 0 aromatic heterocycles. The number of rotatable bonds is 7. The first kappa shape index (κ1) is 17.3. The van der Waals surface area contributed by atoms with Crippen LogP contribution in [0.1, 0.15) is 15.9 Å². The van der Waals surface area contributed by atoms with Crippen LogP contribution in [0, 0.1) is 6.92 Å². The largest absolute Gasteiger partial charge is 0.496 e. The molecule has 0 bridgehead atoms. The molecular weight excluding hydrogens is 296 g/mol. The van der Waals surface area contributed by atoms with E-state index in [1.807, 2.05) is 6.92 Å². The molecule has 0 unspecified atom stereocenters. The van der Waals surface area contributed by atoms with E-state index in [0.717, 1.165) is 11.8 Å². The second-order valence-corrected chi connectivity index (χ2v) is 6.26. The van der Waals surface area contributed by atoms with Crippen LogP contribution in [0.25, 0.3) is 0 Å². The van der Waals surface area contributed by atoms with Gasteiger partial charge in [0.2, 0.25) is 10.0 Å². The van der Waals surface area contributed by atoms with Crippen LogP contribution in [0.3, 0.4) is 0 Å². The molecule has 0 fully saturated rings. The Morgan fingerprint density at radius 1 is 1.14 bits per heavy atom. The number of sulfonamides is 1. The van der Waals surface area contributed by atoms with Gasteiger partial charge >= 0.3 is 0 Å². The molecule has 0 heterocycles. The summed E-state index contributed by atoms with van der Waals surface area (Å²) in [6, 6.07) is 3.22. The Kier molecular flexibility index (Phi) is 5.98. The van der Waals surface area contributed by atoms with Crippen molar-refractivity contribution in [3.63, 3.8) is 0 Å². The average molecular weight is 316 g/mol. The second-order valence-electron chi connectivity index (χ2n) is 4.43. The third kappa shape index (κ3) is 5.24. The van der Waals surface area contributed by atoms with Crippen LogP contribution >= 0.6 is 0 Å². The number of hydrogen-bond acceptors (Lipinski definition) is 5. The van der Waals surface area contributed by atoms with Gasteiger partial charge in [0.05, 0.1) is 20.5 Å². The van der Waals surface area contributed by atoms with Gasteiger partial charge in [-0.05, 0) is 19.1 Å². The Hall–Kier alpha value is -1.80. The van der Waals surface area contributed by atoms with Crippen molar-refractivity contribution < 1.29 is 22.7 Å². The highest BCUT2D eigenvalue weighted by atomic mass is 32.2. The van der Waals surface area contributed by atoms with Gasteiger partial charge in [0.25, 0.3) is 5.91 Å². The molecule has 118 valence electrons. The van der Waals surface area contributed by atoms with E-state index in [-0.39, 0.29) is 19.0 Å². The van der Waals surface area contributed by atoms with E-state index in [9.17, 15) is 13.2 Å². The van der Waals surface area contributed by atoms with Gasteiger partial charge in [-0.2, -0.15) is 0 Å². The summed E-state index contributed by atoms with van der Waals surface area (Å²) in [5.41, 5.74) is 1.18. The summed E-state index contributed by atoms with van der Waals surface area (Å²) in [7, 11) is -0.228. The standard InChI is InChI=1S/C13H20N2O5S/c1-9-11(19-2)7-10(8-12(9)20-3)13(16)14-5-6-15-21(4,17)18/h7-8,15H,5-6H2,1-4H3,(H,14,16). The fourth-order valence-electron chi connectivity index (χ4n) is 1.73. The van der Waals surface area contributed by atoms with Gasteiger partial charge in [0, 0.05) is 24.2 Å². The molecule has 1 rings (SSSR count). The number of carbonyl (C=O) groups excluding carboxylic acids is 1. The van der Waals surface area contributed by atoms with Crippen molar-refractivity contribution in [3.8, 4) is 11.5 Å². The Balaban J connectivity index is 2.74. The van der Waals surface area contributed by atoms with E-state index in [1.54, 1.807) is 12.1 Å². The first-order valence-corrected chi connectivity index (χ1v) is 8.13. The minimum absolute atomic E-state index is 0.130. The molecule has 0 saturated carbocycles. The van der Waals surface area contributed by atoms with Crippen LogP contribution in [-0.2, 0) is 10.0 Å². The molecule has 0 aliphatic rings. The van der Waals surface area contributed by atoms with Gasteiger partial charge in [-0.15, -0.1) is 0 Å². The Bertz CT molecular complexity index is 588. The minimum Gasteiger partial charge on any atom is -0.496 e. The summed E-state index contributed by atoms with van der Waals surface area (Å²) in [5.74, 6) is 0.768. The van der Waals surface area contributed by atoms with E-state index >= 15 is 0 Å². The average Bonchev–Trinajstić information content (AvgIpc) is 2.42. The third-order valence-corrected chi connectivity index (χ3v) is 3.52. The van der Waals surface area contributed by atoms with Crippen LogP contribution in [0.5, 0.6) is 11.5 Å². The number of amides is 1. The Morgan fingerprint density at radius 3 is 2.10 bits per heavy atom. The van der Waals surface area contributed by atoms with E-state index in [2.05, 4.69) is 10.0 Å². The normalized spacial score (nSPS) is 11.0. The van der Waals surface area contributed by atoms with Crippen LogP contribution in [0.4, 0.5) is 0 Å². The highest BCUT2D eigenvalue weighted by Crippen LogP contribution is 2.29. The molecule has 1 aromatic rings. The molecule has 8 heteroatoms. The molecule has 7 nitrogen and oxygen atoms in total. The maximum Gasteiger partial charge on any atom is 0.251 e. The SMILES string of the molecule is COc1cc(C(=O)NCCNS(C)(=O)=O)cc(OC)c1C. The fraction of sp³-hybridized carbons (Fsp3) is 0.462. The van der Waals surface area contributed by atoms with Crippen molar-refractivity contribution in [1.29, 1.82) is 0 Å². The minimum atomic E-state index is -3.25. The summed E-state index contributed by atoms with van der Waals surface area (Å²) in [6.45, 7) is 2.14. The lowest BCUT2D eigenvalue weighted by atomic mass is 10.1. The van der Waals surface area contributed by atoms with Gasteiger partial charge in [-0.3, -0.25) is 4.79 Å². The number of nitrogens with one attached hydrogen (secondary N) is 2. The summed E-state index contributed by atoms with van der Waals surface area (Å²) in [5, 5.41) is 2.62. The lowest BCUT2D eigenvalue weighted by molar-refractivity contribution is 0.0953. The maximum atomic E-state index is 12.0. The van der Waals surface area contributed by atoms with Gasteiger partial charge in [0.1, 0.15) is 11.5 Å². The zero-order valence-electron chi connectivity index (χ0n) is 12.5. The molecule has 0 radical (unpaired) electrons. The van der Waals surface area contributed by atoms with Crippen molar-refractivity contribution in [2.75, 3.05) is 33.6 Å². The zero-order chi connectivity index (χ0) is 16.0. The van der Waals surface area contributed by atoms with Gasteiger partial charge in [-0.1, -0.05) is 0 Å². The fourth-order valence-corrected chi connectivity index (χ4v) is 2.20. The molecule has 2 N–H and O–H groups in total. The van der Waals surface area contributed by atoms with E-state index in [0.29, 0.717) is 17.1 Å². The van der Waals surface area contributed by atoms with Crippen LogP contribution in [0.15, 0.2) is 12.1 Å². The molecule has 0 aliphatic heterocycles. The van der Waals surface area contributed by atoms with Crippen molar-refractivity contribution in [2.24, 2.45) is 0 Å². The first-order valence-electron chi connectivity index (χ1n) is 6.24. The number of hydrogen-bond donors (Lipinski definition) is 2. The quantitative estimate of drug-likeness (QED) is 0.705. The van der Waals surface area contributed by atoms with Gasteiger partial charge in [-0.25, -0.2) is 13.1 Å². The number of carbonyl (C=O) groups is 1. The van der Waals surface area contributed by atoms with Crippen LogP contribution in [0.2, 0.25) is 0 Å². The topological polar surface area (TPSA) is 93.7 Å². The molecule has 0 aliphatic carbocycles. The van der Waals surface area contributed by atoms with Crippen molar-refractivity contribution >= 4 is 15.9 Å². The predicted octanol–water partition coefficient (Wildman–Crippen LogP) is 0.291. The van der Waals surface area contributed by atoms with Crippen molar-refractivity contribution in [1.82, 2.24) is 10.0 Å². The predicted molar refractivity (Wildman–Crippen MR) is 79.5 cm³/mol. The summed E-state index contributed by atoms with van der Waals surface area (Å²) < 4.78 is 34.5. The molecule has 0 atom stereocenters. The lowest BCUT2D eigenvalue weighted by Crippen LogP contribution is -2.34. The van der Waals surface area contributed by atoms with E-state index < -0.39 is 10.0 Å². The second kappa shape index (κ2) is 7.28. The van der Waals surface area contributed by atoms with Crippen LogP contribution in [-0.4, -0.2) is 47.9 Å². The summed E-state index contributed by atoms with van der Waals surface area (Å²) in [6.07, 6.45) is 1.06. The van der Waals surface area contributed by atoms with Crippen molar-refractivity contribution in [3.05, 3.63) is 23.3 Å². The highest BCUT2D eigenvalue weighted by molar-refractivity contribution is 7.88. The lowest BCUT2D eigenvalue weighted by Gasteiger charge is -2.12. The zero-order valence-corrected chi connectivity index (χ0v) is 13.3. The number of benzene rings is 1. The van der Waals surface area contributed by atoms with Crippen LogP contribution < -0.4 is 19.5 Å². The summed E-state index contributed by atoms with van der Waals surface area (Å²) >= 11 is 0.